The van der Waals surface area contributed by atoms with Crippen molar-refractivity contribution in [2.45, 2.75) is 32.7 Å². The van der Waals surface area contributed by atoms with Crippen molar-refractivity contribution >= 4 is 23.4 Å². The Morgan fingerprint density at radius 1 is 1.18 bits per heavy atom. The van der Waals surface area contributed by atoms with E-state index in [4.69, 9.17) is 16.6 Å². The molecule has 0 aliphatic carbocycles. The fourth-order valence-electron chi connectivity index (χ4n) is 3.81. The number of nitrogens with one attached hydrogen (secondary N) is 2. The molecule has 0 unspecified atom stereocenters. The van der Waals surface area contributed by atoms with Gasteiger partial charge in [-0.1, -0.05) is 37.5 Å². The lowest BCUT2D eigenvalue weighted by Gasteiger charge is -2.28. The van der Waals surface area contributed by atoms with Gasteiger partial charge in [-0.25, -0.2) is 0 Å². The van der Waals surface area contributed by atoms with Crippen LogP contribution < -0.4 is 5.32 Å². The highest BCUT2D eigenvalue weighted by Gasteiger charge is 2.20. The van der Waals surface area contributed by atoms with Crippen LogP contribution in [0, 0.1) is 17.8 Å². The summed E-state index contributed by atoms with van der Waals surface area (Å²) in [4.78, 5) is 28.6. The van der Waals surface area contributed by atoms with Crippen LogP contribution in [0.4, 0.5) is 5.69 Å². The molecule has 0 atom stereocenters. The molecule has 0 fully saturated rings. The highest BCUT2D eigenvalue weighted by molar-refractivity contribution is 6.05. The molecule has 7 heteroatoms. The number of anilines is 1. The summed E-state index contributed by atoms with van der Waals surface area (Å²) in [5.41, 5.74) is 4.24. The van der Waals surface area contributed by atoms with Gasteiger partial charge in [-0.15, -0.1) is 6.42 Å². The van der Waals surface area contributed by atoms with E-state index in [9.17, 15) is 9.59 Å². The van der Waals surface area contributed by atoms with Crippen molar-refractivity contribution in [3.63, 3.8) is 0 Å². The number of ether oxygens (including phenoxy) is 1. The molecule has 2 aromatic rings. The van der Waals surface area contributed by atoms with E-state index in [1.54, 1.807) is 36.2 Å². The van der Waals surface area contributed by atoms with Crippen LogP contribution in [0.5, 0.6) is 0 Å². The van der Waals surface area contributed by atoms with Gasteiger partial charge in [-0.2, -0.15) is 0 Å². The third-order valence-corrected chi connectivity index (χ3v) is 5.80. The predicted molar refractivity (Wildman–Crippen MR) is 134 cm³/mol. The molecule has 0 aromatic heterocycles. The molecule has 178 valence electrons. The Kier molecular flexibility index (Phi) is 8.83. The smallest absolute Gasteiger partial charge is 0.320 e. The van der Waals surface area contributed by atoms with E-state index in [0.29, 0.717) is 42.3 Å². The monoisotopic (exact) mass is 460 g/mol. The van der Waals surface area contributed by atoms with E-state index in [-0.39, 0.29) is 18.4 Å². The van der Waals surface area contributed by atoms with E-state index < -0.39 is 0 Å². The second kappa shape index (κ2) is 12.0. The Morgan fingerprint density at radius 3 is 2.62 bits per heavy atom. The number of carbonyl (C=O) groups is 2. The second-order valence-electron chi connectivity index (χ2n) is 8.46. The third-order valence-electron chi connectivity index (χ3n) is 5.80. The summed E-state index contributed by atoms with van der Waals surface area (Å²) in [7, 11) is 1.76. The largest absolute Gasteiger partial charge is 0.465 e. The van der Waals surface area contributed by atoms with Crippen molar-refractivity contribution in [2.24, 2.45) is 0 Å². The maximum absolute atomic E-state index is 12.8. The van der Waals surface area contributed by atoms with Gasteiger partial charge < -0.3 is 15.0 Å². The number of amides is 1. The van der Waals surface area contributed by atoms with Crippen molar-refractivity contribution in [1.29, 1.82) is 5.41 Å². The van der Waals surface area contributed by atoms with Crippen LogP contribution in [0.2, 0.25) is 0 Å². The van der Waals surface area contributed by atoms with E-state index >= 15 is 0 Å². The minimum atomic E-state index is -0.220. The highest BCUT2D eigenvalue weighted by Crippen LogP contribution is 2.23. The first-order chi connectivity index (χ1) is 16.4. The Hall–Kier alpha value is -3.63. The van der Waals surface area contributed by atoms with Gasteiger partial charge in [0.15, 0.2) is 0 Å². The summed E-state index contributed by atoms with van der Waals surface area (Å²) in [6.07, 6.45) is 8.04. The Bertz CT molecular complexity index is 1070. The second-order valence-corrected chi connectivity index (χ2v) is 8.46. The Morgan fingerprint density at radius 2 is 1.91 bits per heavy atom. The zero-order valence-electron chi connectivity index (χ0n) is 19.9. The van der Waals surface area contributed by atoms with Gasteiger partial charge in [-0.3, -0.25) is 19.9 Å². The molecule has 34 heavy (non-hydrogen) atoms. The molecule has 1 amide bonds. The van der Waals surface area contributed by atoms with Crippen LogP contribution in [0.15, 0.2) is 42.5 Å². The SMILES string of the molecule is C#CCN(C)C(=N)c1ccc(C(=O)Nc2ccc3c(c2)CN(CC(=O)OCCCC)CC3)cc1. The maximum Gasteiger partial charge on any atom is 0.320 e. The van der Waals surface area contributed by atoms with Crippen LogP contribution in [-0.2, 0) is 22.5 Å². The summed E-state index contributed by atoms with van der Waals surface area (Å²) >= 11 is 0. The Balaban J connectivity index is 1.60. The number of rotatable bonds is 9. The molecule has 1 aliphatic rings. The van der Waals surface area contributed by atoms with Crippen LogP contribution in [0.25, 0.3) is 0 Å². The number of unbranched alkanes of at least 4 members (excludes halogenated alkanes) is 1. The number of amidine groups is 1. The standard InChI is InChI=1S/C27H32N4O3/c1-4-6-16-34-25(32)19-31-15-13-20-11-12-24(17-23(20)18-31)29-27(33)22-9-7-21(8-10-22)26(28)30(3)14-5-2/h2,7-12,17,28H,4,6,13-16,18-19H2,1,3H3,(H,29,33). The number of terminal acetylenes is 1. The molecule has 1 aliphatic heterocycles. The number of fused-ring (bicyclic) bond motifs is 1. The molecule has 3 rings (SSSR count). The number of carbonyl (C=O) groups excluding carboxylic acids is 2. The van der Waals surface area contributed by atoms with Crippen molar-refractivity contribution in [2.75, 3.05) is 38.6 Å². The zero-order chi connectivity index (χ0) is 24.5. The maximum atomic E-state index is 12.8. The summed E-state index contributed by atoms with van der Waals surface area (Å²) in [6.45, 7) is 4.60. The molecule has 0 radical (unpaired) electrons. The van der Waals surface area contributed by atoms with Crippen molar-refractivity contribution in [3.05, 3.63) is 64.7 Å². The average molecular weight is 461 g/mol. The van der Waals surface area contributed by atoms with Crippen LogP contribution >= 0.6 is 0 Å². The zero-order valence-corrected chi connectivity index (χ0v) is 19.9. The van der Waals surface area contributed by atoms with Crippen LogP contribution in [0.1, 0.15) is 46.8 Å². The molecule has 0 saturated heterocycles. The van der Waals surface area contributed by atoms with E-state index in [2.05, 4.69) is 23.1 Å². The minimum absolute atomic E-state index is 0.191. The fraction of sp³-hybridized carbons (Fsp3) is 0.370. The molecule has 0 bridgehead atoms. The molecular formula is C27H32N4O3. The summed E-state index contributed by atoms with van der Waals surface area (Å²) in [6, 6.07) is 12.8. The van der Waals surface area contributed by atoms with Gasteiger partial charge in [0, 0.05) is 37.0 Å². The lowest BCUT2D eigenvalue weighted by Crippen LogP contribution is -2.35. The van der Waals surface area contributed by atoms with Crippen molar-refractivity contribution in [1.82, 2.24) is 9.80 Å². The molecule has 0 spiro atoms. The van der Waals surface area contributed by atoms with Crippen molar-refractivity contribution in [3.8, 4) is 12.3 Å². The molecule has 7 nitrogen and oxygen atoms in total. The van der Waals surface area contributed by atoms with Crippen molar-refractivity contribution < 1.29 is 14.3 Å². The van der Waals surface area contributed by atoms with E-state index in [1.165, 1.54) is 5.56 Å². The normalized spacial score (nSPS) is 12.9. The lowest BCUT2D eigenvalue weighted by molar-refractivity contribution is -0.145. The molecular weight excluding hydrogens is 428 g/mol. The Labute approximate surface area is 201 Å². The quantitative estimate of drug-likeness (QED) is 0.197. The van der Waals surface area contributed by atoms with Gasteiger partial charge in [0.25, 0.3) is 5.91 Å². The number of hydrogen-bond acceptors (Lipinski definition) is 5. The van der Waals surface area contributed by atoms with E-state index in [0.717, 1.165) is 31.4 Å². The summed E-state index contributed by atoms with van der Waals surface area (Å²) in [5.74, 6) is 2.41. The number of nitrogens with zero attached hydrogens (tertiary/aromatic N) is 2. The molecule has 2 N–H and O–H groups in total. The van der Waals surface area contributed by atoms with E-state index in [1.807, 2.05) is 18.2 Å². The van der Waals surface area contributed by atoms with Gasteiger partial charge in [0.2, 0.25) is 0 Å². The van der Waals surface area contributed by atoms with Gasteiger partial charge >= 0.3 is 5.97 Å². The predicted octanol–water partition coefficient (Wildman–Crippen LogP) is 3.53. The average Bonchev–Trinajstić information content (AvgIpc) is 2.83. The van der Waals surface area contributed by atoms with Crippen LogP contribution in [-0.4, -0.2) is 60.8 Å². The van der Waals surface area contributed by atoms with Gasteiger partial charge in [-0.05, 0) is 48.2 Å². The molecule has 2 aromatic carbocycles. The highest BCUT2D eigenvalue weighted by atomic mass is 16.5. The number of benzene rings is 2. The lowest BCUT2D eigenvalue weighted by atomic mass is 9.99. The first-order valence-electron chi connectivity index (χ1n) is 11.6. The summed E-state index contributed by atoms with van der Waals surface area (Å²) in [5, 5.41) is 11.1. The molecule has 1 heterocycles. The number of esters is 1. The molecule has 0 saturated carbocycles. The topological polar surface area (TPSA) is 85.7 Å². The fourth-order valence-corrected chi connectivity index (χ4v) is 3.81. The van der Waals surface area contributed by atoms with Gasteiger partial charge in [0.05, 0.1) is 19.7 Å². The third kappa shape index (κ3) is 6.69. The first-order valence-corrected chi connectivity index (χ1v) is 11.6. The summed E-state index contributed by atoms with van der Waals surface area (Å²) < 4.78 is 5.28. The minimum Gasteiger partial charge on any atom is -0.465 e. The van der Waals surface area contributed by atoms with Gasteiger partial charge in [0.1, 0.15) is 5.84 Å². The number of hydrogen-bond donors (Lipinski definition) is 2. The van der Waals surface area contributed by atoms with Crippen LogP contribution in [0.3, 0.4) is 0 Å². The first kappa shape index (κ1) is 25.0.